The number of nitrogen functional groups attached to an aromatic ring is 1. The molecule has 0 fully saturated rings. The first-order valence-corrected chi connectivity index (χ1v) is 7.74. The predicted octanol–water partition coefficient (Wildman–Crippen LogP) is 0.203. The Labute approximate surface area is 100 Å². The molecule has 0 unspecified atom stereocenters. The molecule has 0 aliphatic rings. The van der Waals surface area contributed by atoms with Crippen molar-refractivity contribution in [3.05, 3.63) is 16.0 Å². The van der Waals surface area contributed by atoms with E-state index in [-0.39, 0.29) is 5.75 Å². The largest absolute Gasteiger partial charge is 0.374 e. The van der Waals surface area contributed by atoms with Gasteiger partial charge in [0.1, 0.15) is 21.8 Å². The van der Waals surface area contributed by atoms with Gasteiger partial charge < -0.3 is 5.73 Å². The normalized spacial score (nSPS) is 10.6. The first-order valence-electron chi connectivity index (χ1n) is 3.92. The number of hydrogen-bond donors (Lipinski definition) is 1. The predicted molar refractivity (Wildman–Crippen MR) is 62.8 cm³/mol. The molecule has 7 nitrogen and oxygen atoms in total. The summed E-state index contributed by atoms with van der Waals surface area (Å²) in [6.07, 6.45) is 1.18. The van der Waals surface area contributed by atoms with Crippen LogP contribution in [0, 0.1) is 0 Å². The second-order valence-corrected chi connectivity index (χ2v) is 6.60. The molecule has 0 spiro atoms. The lowest BCUT2D eigenvalue weighted by Crippen LogP contribution is -1.99. The summed E-state index contributed by atoms with van der Waals surface area (Å²) in [6, 6.07) is 0. The molecule has 0 aromatic carbocycles. The van der Waals surface area contributed by atoms with Crippen LogP contribution >= 0.6 is 22.7 Å². The summed E-state index contributed by atoms with van der Waals surface area (Å²) in [5.74, 6) is -0.00231. The van der Waals surface area contributed by atoms with Gasteiger partial charge in [-0.3, -0.25) is 0 Å². The lowest BCUT2D eigenvalue weighted by atomic mass is 10.9. The zero-order valence-electron chi connectivity index (χ0n) is 8.27. The van der Waals surface area contributed by atoms with Crippen LogP contribution in [0.1, 0.15) is 5.01 Å². The van der Waals surface area contributed by atoms with Crippen LogP contribution in [0.4, 0.5) is 5.13 Å². The summed E-state index contributed by atoms with van der Waals surface area (Å²) in [6.45, 7) is 0. The van der Waals surface area contributed by atoms with Crippen molar-refractivity contribution in [3.8, 4) is 0 Å². The molecule has 0 saturated carbocycles. The molecule has 16 heavy (non-hydrogen) atoms. The molecule has 0 radical (unpaired) electrons. The van der Waals surface area contributed by atoms with E-state index >= 15 is 0 Å². The summed E-state index contributed by atoms with van der Waals surface area (Å²) >= 11 is 2.58. The number of nitrogens with zero attached hydrogens (tertiary/aromatic N) is 4. The van der Waals surface area contributed by atoms with Gasteiger partial charge in [-0.25, -0.2) is 8.42 Å². The topological polar surface area (TPSA) is 112 Å². The molecule has 2 heterocycles. The Kier molecular flexibility index (Phi) is 4.71. The Balaban J connectivity index is 0.000000181. The number of nitrogens with two attached hydrogens (primary N) is 1. The molecule has 0 aliphatic heterocycles. The number of anilines is 1. The van der Waals surface area contributed by atoms with Crippen molar-refractivity contribution in [2.45, 2.75) is 5.75 Å². The zero-order valence-corrected chi connectivity index (χ0v) is 10.7. The number of rotatable bonds is 2. The smallest absolute Gasteiger partial charge is 0.202 e. The number of sulfone groups is 1. The third-order valence-corrected chi connectivity index (χ3v) is 3.37. The molecule has 0 bridgehead atoms. The van der Waals surface area contributed by atoms with Crippen LogP contribution in [-0.2, 0) is 15.6 Å². The average molecular weight is 279 g/mol. The maximum atomic E-state index is 10.6. The van der Waals surface area contributed by atoms with E-state index < -0.39 is 9.84 Å². The lowest BCUT2D eigenvalue weighted by Gasteiger charge is -1.88. The summed E-state index contributed by atoms with van der Waals surface area (Å²) in [7, 11) is -2.94. The van der Waals surface area contributed by atoms with E-state index in [9.17, 15) is 8.42 Å². The van der Waals surface area contributed by atoms with Crippen LogP contribution < -0.4 is 5.73 Å². The minimum atomic E-state index is -2.94. The van der Waals surface area contributed by atoms with Crippen LogP contribution in [0.25, 0.3) is 0 Å². The maximum absolute atomic E-state index is 10.6. The van der Waals surface area contributed by atoms with Gasteiger partial charge in [-0.2, -0.15) is 0 Å². The minimum Gasteiger partial charge on any atom is -0.374 e. The van der Waals surface area contributed by atoms with E-state index in [0.29, 0.717) is 10.1 Å². The molecule has 0 aliphatic carbocycles. The van der Waals surface area contributed by atoms with Gasteiger partial charge in [0.15, 0.2) is 9.84 Å². The number of hydrogen-bond acceptors (Lipinski definition) is 9. The maximum Gasteiger partial charge on any atom is 0.202 e. The van der Waals surface area contributed by atoms with Gasteiger partial charge in [0, 0.05) is 6.26 Å². The summed E-state index contributed by atoms with van der Waals surface area (Å²) < 4.78 is 21.3. The third kappa shape index (κ3) is 5.68. The van der Waals surface area contributed by atoms with Gasteiger partial charge in [-0.1, -0.05) is 11.3 Å². The third-order valence-electron chi connectivity index (χ3n) is 1.17. The van der Waals surface area contributed by atoms with Crippen molar-refractivity contribution in [3.63, 3.8) is 0 Å². The van der Waals surface area contributed by atoms with Crippen LogP contribution in [-0.4, -0.2) is 35.1 Å². The molecule has 2 N–H and O–H groups in total. The van der Waals surface area contributed by atoms with Crippen LogP contribution in [0.2, 0.25) is 0 Å². The van der Waals surface area contributed by atoms with Crippen molar-refractivity contribution < 1.29 is 8.42 Å². The van der Waals surface area contributed by atoms with E-state index in [1.54, 1.807) is 5.51 Å². The Morgan fingerprint density at radius 2 is 1.88 bits per heavy atom. The lowest BCUT2D eigenvalue weighted by molar-refractivity contribution is 0.600. The number of aromatic nitrogens is 4. The van der Waals surface area contributed by atoms with Crippen LogP contribution in [0.15, 0.2) is 11.0 Å². The molecular formula is C6H9N5O2S3. The van der Waals surface area contributed by atoms with Crippen molar-refractivity contribution >= 4 is 37.6 Å². The van der Waals surface area contributed by atoms with Crippen molar-refractivity contribution in [2.24, 2.45) is 0 Å². The Morgan fingerprint density at radius 1 is 1.25 bits per heavy atom. The molecule has 88 valence electrons. The molecule has 0 saturated heterocycles. The second-order valence-electron chi connectivity index (χ2n) is 2.68. The zero-order chi connectivity index (χ0) is 12.0. The highest BCUT2D eigenvalue weighted by atomic mass is 32.2. The quantitative estimate of drug-likeness (QED) is 0.835. The average Bonchev–Trinajstić information content (AvgIpc) is 2.76. The molecule has 0 atom stereocenters. The molecule has 2 aromatic rings. The molecule has 0 amide bonds. The second kappa shape index (κ2) is 5.82. The van der Waals surface area contributed by atoms with Crippen LogP contribution in [0.3, 0.4) is 0 Å². The SMILES string of the molecule is CS(=O)(=O)Cc1nncs1.Nc1nncs1. The van der Waals surface area contributed by atoms with Crippen molar-refractivity contribution in [2.75, 3.05) is 12.0 Å². The van der Waals surface area contributed by atoms with E-state index in [2.05, 4.69) is 20.4 Å². The molecule has 10 heteroatoms. The first-order chi connectivity index (χ1) is 7.47. The standard InChI is InChI=1S/C4H6N2O2S2.C2H3N3S/c1-10(7,8)2-4-6-5-3-9-4;3-2-5-4-1-6-2/h3H,2H2,1H3;1H,(H2,3,5). The highest BCUT2D eigenvalue weighted by Crippen LogP contribution is 2.05. The van der Waals surface area contributed by atoms with Gasteiger partial charge in [0.05, 0.1) is 0 Å². The Hall–Kier alpha value is -1.13. The van der Waals surface area contributed by atoms with Gasteiger partial charge in [0.25, 0.3) is 0 Å². The van der Waals surface area contributed by atoms with E-state index in [1.165, 1.54) is 34.4 Å². The van der Waals surface area contributed by atoms with Gasteiger partial charge in [-0.05, 0) is 0 Å². The highest BCUT2D eigenvalue weighted by Gasteiger charge is 2.05. The highest BCUT2D eigenvalue weighted by molar-refractivity contribution is 7.90. The Morgan fingerprint density at radius 3 is 2.19 bits per heavy atom. The first kappa shape index (κ1) is 12.9. The van der Waals surface area contributed by atoms with Crippen molar-refractivity contribution in [1.82, 2.24) is 20.4 Å². The minimum absolute atomic E-state index is 0.00231. The fourth-order valence-electron chi connectivity index (χ4n) is 0.665. The van der Waals surface area contributed by atoms with E-state index in [4.69, 9.17) is 5.73 Å². The summed E-state index contributed by atoms with van der Waals surface area (Å²) in [5, 5.41) is 15.1. The van der Waals surface area contributed by atoms with E-state index in [1.807, 2.05) is 0 Å². The van der Waals surface area contributed by atoms with E-state index in [0.717, 1.165) is 0 Å². The molecule has 2 aromatic heterocycles. The van der Waals surface area contributed by atoms with Gasteiger partial charge in [-0.15, -0.1) is 31.7 Å². The monoisotopic (exact) mass is 279 g/mol. The fraction of sp³-hybridized carbons (Fsp3) is 0.333. The summed E-state index contributed by atoms with van der Waals surface area (Å²) in [5.41, 5.74) is 8.23. The van der Waals surface area contributed by atoms with Gasteiger partial charge >= 0.3 is 0 Å². The van der Waals surface area contributed by atoms with Crippen LogP contribution in [0.5, 0.6) is 0 Å². The van der Waals surface area contributed by atoms with Gasteiger partial charge in [0.2, 0.25) is 5.13 Å². The molecule has 2 rings (SSSR count). The Bertz CT molecular complexity index is 492. The van der Waals surface area contributed by atoms with Crippen molar-refractivity contribution in [1.29, 1.82) is 0 Å². The summed E-state index contributed by atoms with van der Waals surface area (Å²) in [4.78, 5) is 0. The molecular weight excluding hydrogens is 270 g/mol. The fourth-order valence-corrected chi connectivity index (χ4v) is 2.69.